The average molecular weight is 565 g/mol. The number of rotatable bonds is 2. The zero-order chi connectivity index (χ0) is 24.1. The normalized spacial score (nSPS) is 12.3. The Balaban J connectivity index is 1.30. The zero-order valence-corrected chi connectivity index (χ0v) is 22.8. The Labute approximate surface area is 229 Å². The first-order chi connectivity index (χ1) is 18.3. The first-order valence-corrected chi connectivity index (χ1v) is 15.5. The predicted molar refractivity (Wildman–Crippen MR) is 163 cm³/mol. The number of aromatic nitrogens is 4. The van der Waals surface area contributed by atoms with Crippen molar-refractivity contribution in [3.63, 3.8) is 0 Å². The van der Waals surface area contributed by atoms with Gasteiger partial charge in [-0.25, -0.2) is 0 Å². The Kier molecular flexibility index (Phi) is 4.25. The van der Waals surface area contributed by atoms with Crippen molar-refractivity contribution >= 4 is 120 Å². The van der Waals surface area contributed by atoms with Gasteiger partial charge in [0.2, 0.25) is 0 Å². The smallest absolute Gasteiger partial charge is 0.114 e. The van der Waals surface area contributed by atoms with Crippen molar-refractivity contribution in [2.75, 3.05) is 0 Å². The summed E-state index contributed by atoms with van der Waals surface area (Å²) in [6, 6.07) is 26.1. The molecule has 0 fully saturated rings. The monoisotopic (exact) mass is 564 g/mol. The largest absolute Gasteiger partial charge is 0.173 e. The van der Waals surface area contributed by atoms with Crippen molar-refractivity contribution in [2.24, 2.45) is 0 Å². The Morgan fingerprint density at radius 1 is 0.486 bits per heavy atom. The molecule has 0 unspecified atom stereocenters. The van der Waals surface area contributed by atoms with E-state index in [1.54, 1.807) is 0 Å². The van der Waals surface area contributed by atoms with Gasteiger partial charge in [0.1, 0.15) is 22.1 Å². The van der Waals surface area contributed by atoms with Crippen LogP contribution in [0.2, 0.25) is 0 Å². The molecule has 5 heterocycles. The van der Waals surface area contributed by atoms with Gasteiger partial charge in [0.05, 0.1) is 32.9 Å². The average Bonchev–Trinajstić information content (AvgIpc) is 3.73. The Hall–Kier alpha value is -3.34. The second-order valence-corrected chi connectivity index (χ2v) is 13.2. The van der Waals surface area contributed by atoms with Gasteiger partial charge in [-0.05, 0) is 45.8 Å². The summed E-state index contributed by atoms with van der Waals surface area (Å²) in [5, 5.41) is 4.87. The minimum Gasteiger partial charge on any atom is -0.173 e. The molecule has 4 aromatic carbocycles. The summed E-state index contributed by atoms with van der Waals surface area (Å²) in [6.07, 6.45) is 0. The molecule has 0 amide bonds. The predicted octanol–water partition coefficient (Wildman–Crippen LogP) is 9.83. The summed E-state index contributed by atoms with van der Waals surface area (Å²) in [5.41, 5.74) is 6.32. The standard InChI is InChI=1S/C28H12N4S5/c1-3-7-15-13(5-1)9-17-25(31-36-29-17)23(15)19-11-21-27(34-19)28-22(33-21)12-20(35-28)24-16-8-4-2-6-14(16)10-18-26(24)32-37-30-18/h1-12H. The molecule has 0 bridgehead atoms. The van der Waals surface area contributed by atoms with E-state index in [0.29, 0.717) is 0 Å². The molecule has 0 aliphatic heterocycles. The van der Waals surface area contributed by atoms with E-state index in [-0.39, 0.29) is 0 Å². The Bertz CT molecular complexity index is 2170. The van der Waals surface area contributed by atoms with Gasteiger partial charge in [-0.2, -0.15) is 17.5 Å². The summed E-state index contributed by atoms with van der Waals surface area (Å²) >= 11 is 8.18. The molecule has 0 spiro atoms. The van der Waals surface area contributed by atoms with Gasteiger partial charge < -0.3 is 0 Å². The summed E-state index contributed by atoms with van der Waals surface area (Å²) < 4.78 is 23.9. The molecule has 9 rings (SSSR count). The molecule has 5 aromatic heterocycles. The number of thiophene rings is 3. The first kappa shape index (κ1) is 20.7. The van der Waals surface area contributed by atoms with E-state index in [0.717, 1.165) is 22.1 Å². The maximum absolute atomic E-state index is 4.69. The van der Waals surface area contributed by atoms with Gasteiger partial charge in [0.25, 0.3) is 0 Å². The molecule has 0 aliphatic rings. The highest BCUT2D eigenvalue weighted by Gasteiger charge is 2.21. The third-order valence-corrected chi connectivity index (χ3v) is 11.8. The number of hydrogen-bond donors (Lipinski definition) is 0. The number of nitrogens with zero attached hydrogens (tertiary/aromatic N) is 4. The van der Waals surface area contributed by atoms with Crippen LogP contribution in [0.5, 0.6) is 0 Å². The van der Waals surface area contributed by atoms with Crippen LogP contribution >= 0.6 is 57.5 Å². The van der Waals surface area contributed by atoms with Gasteiger partial charge >= 0.3 is 0 Å². The molecule has 0 aliphatic carbocycles. The second-order valence-electron chi connectivity index (χ2n) is 8.92. The highest BCUT2D eigenvalue weighted by molar-refractivity contribution is 7.40. The summed E-state index contributed by atoms with van der Waals surface area (Å²) in [7, 11) is 0. The molecule has 0 saturated heterocycles. The molecular weight excluding hydrogens is 553 g/mol. The van der Waals surface area contributed by atoms with E-state index < -0.39 is 0 Å². The maximum Gasteiger partial charge on any atom is 0.114 e. The van der Waals surface area contributed by atoms with Gasteiger partial charge in [-0.1, -0.05) is 48.5 Å². The number of hydrogen-bond acceptors (Lipinski definition) is 9. The molecule has 4 nitrogen and oxygen atoms in total. The van der Waals surface area contributed by atoms with Crippen molar-refractivity contribution < 1.29 is 0 Å². The molecule has 0 saturated carbocycles. The minimum atomic E-state index is 0.968. The molecule has 37 heavy (non-hydrogen) atoms. The van der Waals surface area contributed by atoms with Crippen LogP contribution in [0.15, 0.2) is 72.8 Å². The van der Waals surface area contributed by atoms with E-state index in [2.05, 4.69) is 90.3 Å². The molecule has 9 aromatic rings. The molecule has 174 valence electrons. The van der Waals surface area contributed by atoms with Crippen LogP contribution in [0.4, 0.5) is 0 Å². The van der Waals surface area contributed by atoms with Crippen LogP contribution < -0.4 is 0 Å². The second kappa shape index (κ2) is 7.59. The molecule has 0 N–H and O–H groups in total. The fourth-order valence-electron chi connectivity index (χ4n) is 5.26. The Morgan fingerprint density at radius 3 is 1.49 bits per heavy atom. The Morgan fingerprint density at radius 2 is 0.973 bits per heavy atom. The molecule has 9 heteroatoms. The maximum atomic E-state index is 4.69. The van der Waals surface area contributed by atoms with Crippen LogP contribution in [0.25, 0.3) is 83.3 Å². The summed E-state index contributed by atoms with van der Waals surface area (Å²) in [6.45, 7) is 0. The summed E-state index contributed by atoms with van der Waals surface area (Å²) in [5.74, 6) is 0. The fourth-order valence-corrected chi connectivity index (χ4v) is 10.5. The van der Waals surface area contributed by atoms with Crippen molar-refractivity contribution in [1.29, 1.82) is 0 Å². The van der Waals surface area contributed by atoms with E-state index >= 15 is 0 Å². The van der Waals surface area contributed by atoms with Crippen molar-refractivity contribution in [3.8, 4) is 20.9 Å². The van der Waals surface area contributed by atoms with Crippen LogP contribution in [0, 0.1) is 0 Å². The lowest BCUT2D eigenvalue weighted by Gasteiger charge is -2.05. The SMILES string of the molecule is c1ccc2c(-c3cc4sc5cc(-c6c7ccccc7cc7nsnc67)sc5c4s3)c3nsnc3cc2c1. The van der Waals surface area contributed by atoms with E-state index in [4.69, 9.17) is 0 Å². The van der Waals surface area contributed by atoms with Crippen molar-refractivity contribution in [1.82, 2.24) is 17.5 Å². The van der Waals surface area contributed by atoms with Gasteiger partial charge in [-0.15, -0.1) is 34.0 Å². The molecule has 0 radical (unpaired) electrons. The minimum absolute atomic E-state index is 0.968. The zero-order valence-electron chi connectivity index (χ0n) is 18.8. The number of fused-ring (bicyclic) bond motifs is 7. The van der Waals surface area contributed by atoms with E-state index in [1.165, 1.54) is 84.7 Å². The topological polar surface area (TPSA) is 51.6 Å². The lowest BCUT2D eigenvalue weighted by molar-refractivity contribution is 1.67. The third-order valence-electron chi connectivity index (χ3n) is 6.86. The van der Waals surface area contributed by atoms with Gasteiger partial charge in [0, 0.05) is 30.3 Å². The fraction of sp³-hybridized carbons (Fsp3) is 0. The van der Waals surface area contributed by atoms with Crippen molar-refractivity contribution in [3.05, 3.63) is 72.8 Å². The van der Waals surface area contributed by atoms with E-state index in [9.17, 15) is 0 Å². The summed E-state index contributed by atoms with van der Waals surface area (Å²) in [4.78, 5) is 2.51. The van der Waals surface area contributed by atoms with E-state index in [1.807, 2.05) is 34.0 Å². The quantitative estimate of drug-likeness (QED) is 0.210. The van der Waals surface area contributed by atoms with Crippen LogP contribution in [-0.4, -0.2) is 17.5 Å². The van der Waals surface area contributed by atoms with Crippen LogP contribution in [-0.2, 0) is 0 Å². The molecular formula is C28H12N4S5. The third kappa shape index (κ3) is 2.91. The lowest BCUT2D eigenvalue weighted by atomic mass is 10.0. The highest BCUT2D eigenvalue weighted by atomic mass is 32.1. The van der Waals surface area contributed by atoms with Crippen LogP contribution in [0.3, 0.4) is 0 Å². The number of benzene rings is 4. The molecule has 0 atom stereocenters. The van der Waals surface area contributed by atoms with Gasteiger partial charge in [0.15, 0.2) is 0 Å². The van der Waals surface area contributed by atoms with Crippen molar-refractivity contribution in [2.45, 2.75) is 0 Å². The lowest BCUT2D eigenvalue weighted by Crippen LogP contribution is -1.82. The highest BCUT2D eigenvalue weighted by Crippen LogP contribution is 2.51. The van der Waals surface area contributed by atoms with Gasteiger partial charge in [-0.3, -0.25) is 0 Å². The first-order valence-electron chi connectivity index (χ1n) is 11.6. The van der Waals surface area contributed by atoms with Crippen LogP contribution in [0.1, 0.15) is 0 Å².